The SMILES string of the molecule is COC(=O)CC(NC(=O)c1cc2cnn(C(C)C)c2nc1C)c1cccc(Br)c1. The molecule has 0 saturated carbocycles. The van der Waals surface area contributed by atoms with Gasteiger partial charge in [0.2, 0.25) is 0 Å². The Balaban J connectivity index is 1.93. The molecule has 3 rings (SSSR count). The second kappa shape index (κ2) is 8.73. The molecule has 0 aliphatic carbocycles. The van der Waals surface area contributed by atoms with E-state index in [2.05, 4.69) is 31.3 Å². The van der Waals surface area contributed by atoms with E-state index in [0.29, 0.717) is 11.3 Å². The van der Waals surface area contributed by atoms with Crippen LogP contribution in [0.4, 0.5) is 0 Å². The predicted molar refractivity (Wildman–Crippen MR) is 114 cm³/mol. The van der Waals surface area contributed by atoms with E-state index in [1.807, 2.05) is 42.8 Å². The normalized spacial score (nSPS) is 12.2. The summed E-state index contributed by atoms with van der Waals surface area (Å²) in [5.41, 5.74) is 2.60. The molecular weight excluding hydrogens is 436 g/mol. The average Bonchev–Trinajstić information content (AvgIpc) is 3.09. The average molecular weight is 459 g/mol. The van der Waals surface area contributed by atoms with Gasteiger partial charge in [-0.1, -0.05) is 28.1 Å². The summed E-state index contributed by atoms with van der Waals surface area (Å²) in [6.45, 7) is 5.85. The number of amides is 1. The first kappa shape index (κ1) is 21.0. The smallest absolute Gasteiger partial charge is 0.307 e. The van der Waals surface area contributed by atoms with Crippen molar-refractivity contribution in [2.45, 2.75) is 39.3 Å². The van der Waals surface area contributed by atoms with E-state index in [1.165, 1.54) is 7.11 Å². The van der Waals surface area contributed by atoms with Gasteiger partial charge in [0.05, 0.1) is 37.0 Å². The number of pyridine rings is 1. The molecule has 7 nitrogen and oxygen atoms in total. The molecular formula is C21H23BrN4O3. The highest BCUT2D eigenvalue weighted by Gasteiger charge is 2.22. The van der Waals surface area contributed by atoms with Gasteiger partial charge in [-0.3, -0.25) is 9.59 Å². The first-order valence-electron chi connectivity index (χ1n) is 9.28. The highest BCUT2D eigenvalue weighted by atomic mass is 79.9. The Hall–Kier alpha value is -2.74. The zero-order valence-corrected chi connectivity index (χ0v) is 18.4. The standard InChI is InChI=1S/C21H23BrN4O3/c1-12(2)26-20-15(11-23-26)9-17(13(3)24-20)21(28)25-18(10-19(27)29-4)14-6-5-7-16(22)8-14/h5-9,11-12,18H,10H2,1-4H3,(H,25,28). The number of aromatic nitrogens is 3. The number of rotatable bonds is 6. The quantitative estimate of drug-likeness (QED) is 0.561. The van der Waals surface area contributed by atoms with E-state index in [4.69, 9.17) is 4.74 Å². The molecule has 1 N–H and O–H groups in total. The Morgan fingerprint density at radius 2 is 2.03 bits per heavy atom. The lowest BCUT2D eigenvalue weighted by atomic mass is 10.0. The summed E-state index contributed by atoms with van der Waals surface area (Å²) < 4.78 is 7.49. The fourth-order valence-corrected chi connectivity index (χ4v) is 3.55. The Labute approximate surface area is 177 Å². The molecule has 0 fully saturated rings. The maximum atomic E-state index is 13.0. The molecule has 0 bridgehead atoms. The minimum atomic E-state index is -0.527. The molecule has 29 heavy (non-hydrogen) atoms. The molecule has 8 heteroatoms. The minimum absolute atomic E-state index is 0.0265. The minimum Gasteiger partial charge on any atom is -0.469 e. The van der Waals surface area contributed by atoms with Crippen molar-refractivity contribution in [2.24, 2.45) is 0 Å². The fraction of sp³-hybridized carbons (Fsp3) is 0.333. The topological polar surface area (TPSA) is 86.1 Å². The third kappa shape index (κ3) is 4.64. The number of methoxy groups -OCH3 is 1. The van der Waals surface area contributed by atoms with Crippen molar-refractivity contribution in [1.29, 1.82) is 0 Å². The maximum Gasteiger partial charge on any atom is 0.307 e. The van der Waals surface area contributed by atoms with Crippen LogP contribution in [-0.2, 0) is 9.53 Å². The second-order valence-corrected chi connectivity index (χ2v) is 7.99. The van der Waals surface area contributed by atoms with E-state index in [0.717, 1.165) is 21.1 Å². The number of hydrogen-bond donors (Lipinski definition) is 1. The highest BCUT2D eigenvalue weighted by molar-refractivity contribution is 9.10. The van der Waals surface area contributed by atoms with Crippen molar-refractivity contribution in [3.8, 4) is 0 Å². The summed E-state index contributed by atoms with van der Waals surface area (Å²) in [6.07, 6.45) is 1.73. The van der Waals surface area contributed by atoms with Crippen molar-refractivity contribution in [2.75, 3.05) is 7.11 Å². The van der Waals surface area contributed by atoms with Gasteiger partial charge >= 0.3 is 5.97 Å². The molecule has 0 aliphatic rings. The van der Waals surface area contributed by atoms with Gasteiger partial charge in [0.1, 0.15) is 0 Å². The van der Waals surface area contributed by atoms with Crippen LogP contribution in [0.5, 0.6) is 0 Å². The first-order chi connectivity index (χ1) is 13.8. The van der Waals surface area contributed by atoms with E-state index >= 15 is 0 Å². The van der Waals surface area contributed by atoms with Crippen molar-refractivity contribution in [1.82, 2.24) is 20.1 Å². The fourth-order valence-electron chi connectivity index (χ4n) is 3.14. The Morgan fingerprint density at radius 3 is 2.69 bits per heavy atom. The number of esters is 1. The highest BCUT2D eigenvalue weighted by Crippen LogP contribution is 2.24. The lowest BCUT2D eigenvalue weighted by Crippen LogP contribution is -2.31. The number of benzene rings is 1. The van der Waals surface area contributed by atoms with Gasteiger partial charge in [0.15, 0.2) is 5.65 Å². The summed E-state index contributed by atoms with van der Waals surface area (Å²) in [4.78, 5) is 29.5. The second-order valence-electron chi connectivity index (χ2n) is 7.08. The Kier molecular flexibility index (Phi) is 6.32. The van der Waals surface area contributed by atoms with E-state index in [1.54, 1.807) is 19.2 Å². The molecule has 0 radical (unpaired) electrons. The number of halogens is 1. The molecule has 1 aromatic carbocycles. The third-order valence-electron chi connectivity index (χ3n) is 4.65. The van der Waals surface area contributed by atoms with E-state index < -0.39 is 12.0 Å². The molecule has 1 atom stereocenters. The van der Waals surface area contributed by atoms with Crippen molar-refractivity contribution < 1.29 is 14.3 Å². The Morgan fingerprint density at radius 1 is 1.28 bits per heavy atom. The maximum absolute atomic E-state index is 13.0. The van der Waals surface area contributed by atoms with Crippen molar-refractivity contribution >= 4 is 38.8 Å². The third-order valence-corrected chi connectivity index (χ3v) is 5.14. The first-order valence-corrected chi connectivity index (χ1v) is 10.1. The summed E-state index contributed by atoms with van der Waals surface area (Å²) in [5.74, 6) is -0.707. The van der Waals surface area contributed by atoms with Crippen LogP contribution < -0.4 is 5.32 Å². The van der Waals surface area contributed by atoms with Crippen LogP contribution in [0, 0.1) is 6.92 Å². The van der Waals surface area contributed by atoms with E-state index in [-0.39, 0.29) is 18.4 Å². The number of nitrogens with one attached hydrogen (secondary N) is 1. The van der Waals surface area contributed by atoms with Crippen LogP contribution in [0.25, 0.3) is 11.0 Å². The van der Waals surface area contributed by atoms with Gasteiger partial charge in [-0.05, 0) is 44.5 Å². The summed E-state index contributed by atoms with van der Waals surface area (Å²) in [6, 6.07) is 8.90. The molecule has 2 aromatic heterocycles. The summed E-state index contributed by atoms with van der Waals surface area (Å²) in [7, 11) is 1.33. The van der Waals surface area contributed by atoms with Gasteiger partial charge in [0.25, 0.3) is 5.91 Å². The molecule has 2 heterocycles. The van der Waals surface area contributed by atoms with Gasteiger partial charge in [-0.25, -0.2) is 9.67 Å². The van der Waals surface area contributed by atoms with Gasteiger partial charge in [-0.2, -0.15) is 5.10 Å². The summed E-state index contributed by atoms with van der Waals surface area (Å²) in [5, 5.41) is 8.10. The number of hydrogen-bond acceptors (Lipinski definition) is 5. The van der Waals surface area contributed by atoms with Crippen molar-refractivity contribution in [3.05, 3.63) is 57.8 Å². The van der Waals surface area contributed by atoms with Crippen LogP contribution >= 0.6 is 15.9 Å². The number of aryl methyl sites for hydroxylation is 1. The molecule has 0 aliphatic heterocycles. The van der Waals surface area contributed by atoms with Gasteiger partial charge < -0.3 is 10.1 Å². The number of nitrogens with zero attached hydrogens (tertiary/aromatic N) is 3. The summed E-state index contributed by atoms with van der Waals surface area (Å²) >= 11 is 3.43. The van der Waals surface area contributed by atoms with Crippen LogP contribution in [-0.4, -0.2) is 33.8 Å². The number of carbonyl (C=O) groups excluding carboxylic acids is 2. The zero-order chi connectivity index (χ0) is 21.1. The van der Waals surface area contributed by atoms with Gasteiger partial charge in [-0.15, -0.1) is 0 Å². The lowest BCUT2D eigenvalue weighted by Gasteiger charge is -2.19. The molecule has 1 amide bonds. The van der Waals surface area contributed by atoms with Crippen LogP contribution in [0.3, 0.4) is 0 Å². The van der Waals surface area contributed by atoms with Crippen LogP contribution in [0.1, 0.15) is 54.0 Å². The lowest BCUT2D eigenvalue weighted by molar-refractivity contribution is -0.141. The molecule has 0 spiro atoms. The predicted octanol–water partition coefficient (Wildman–Crippen LogP) is 4.12. The zero-order valence-electron chi connectivity index (χ0n) is 16.8. The number of carbonyl (C=O) groups is 2. The van der Waals surface area contributed by atoms with Gasteiger partial charge in [0, 0.05) is 15.9 Å². The molecule has 3 aromatic rings. The number of ether oxygens (including phenoxy) is 1. The van der Waals surface area contributed by atoms with E-state index in [9.17, 15) is 9.59 Å². The van der Waals surface area contributed by atoms with Crippen molar-refractivity contribution in [3.63, 3.8) is 0 Å². The Bertz CT molecular complexity index is 1060. The molecule has 1 unspecified atom stereocenters. The van der Waals surface area contributed by atoms with Crippen LogP contribution in [0.15, 0.2) is 41.0 Å². The van der Waals surface area contributed by atoms with Crippen LogP contribution in [0.2, 0.25) is 0 Å². The molecule has 0 saturated heterocycles. The number of fused-ring (bicyclic) bond motifs is 1. The largest absolute Gasteiger partial charge is 0.469 e. The monoisotopic (exact) mass is 458 g/mol. The molecule has 152 valence electrons.